The summed E-state index contributed by atoms with van der Waals surface area (Å²) in [5.41, 5.74) is 1.01. The summed E-state index contributed by atoms with van der Waals surface area (Å²) >= 11 is 0. The first kappa shape index (κ1) is 9.20. The Morgan fingerprint density at radius 3 is 2.77 bits per heavy atom. The Balaban J connectivity index is 3.28. The van der Waals surface area contributed by atoms with Crippen LogP contribution in [0.4, 0.5) is 5.69 Å². The van der Waals surface area contributed by atoms with E-state index in [9.17, 15) is 10.1 Å². The van der Waals surface area contributed by atoms with E-state index in [4.69, 9.17) is 5.26 Å². The zero-order valence-corrected chi connectivity index (χ0v) is 7.15. The summed E-state index contributed by atoms with van der Waals surface area (Å²) in [6, 6.07) is 6.38. The number of hydrogen-bond donors (Lipinski definition) is 0. The number of benzene rings is 1. The van der Waals surface area contributed by atoms with Crippen molar-refractivity contribution in [3.8, 4) is 6.07 Å². The summed E-state index contributed by atoms with van der Waals surface area (Å²) < 4.78 is 0. The molecule has 0 aliphatic rings. The molecule has 0 unspecified atom stereocenters. The van der Waals surface area contributed by atoms with Gasteiger partial charge >= 0.3 is 0 Å². The highest BCUT2D eigenvalue weighted by atomic mass is 16.6. The van der Waals surface area contributed by atoms with Crippen molar-refractivity contribution in [2.75, 3.05) is 0 Å². The number of nitro benzene ring substituents is 1. The van der Waals surface area contributed by atoms with Crippen LogP contribution in [0, 0.1) is 21.4 Å². The molecule has 0 amide bonds. The van der Waals surface area contributed by atoms with Gasteiger partial charge in [-0.1, -0.05) is 13.0 Å². The van der Waals surface area contributed by atoms with Gasteiger partial charge in [0.25, 0.3) is 5.69 Å². The van der Waals surface area contributed by atoms with Crippen molar-refractivity contribution in [2.45, 2.75) is 13.3 Å². The van der Waals surface area contributed by atoms with E-state index in [1.54, 1.807) is 12.1 Å². The maximum Gasteiger partial charge on any atom is 0.273 e. The molecule has 4 nitrogen and oxygen atoms in total. The lowest BCUT2D eigenvalue weighted by Crippen LogP contribution is -1.94. The zero-order valence-electron chi connectivity index (χ0n) is 7.15. The molecule has 0 N–H and O–H groups in total. The van der Waals surface area contributed by atoms with Crippen LogP contribution in [0.3, 0.4) is 0 Å². The molecule has 0 aliphatic heterocycles. The summed E-state index contributed by atoms with van der Waals surface area (Å²) in [7, 11) is 0. The number of hydrogen-bond acceptors (Lipinski definition) is 3. The van der Waals surface area contributed by atoms with Gasteiger partial charge in [0.15, 0.2) is 0 Å². The highest BCUT2D eigenvalue weighted by Gasteiger charge is 2.12. The molecule has 0 atom stereocenters. The molecule has 13 heavy (non-hydrogen) atoms. The maximum atomic E-state index is 10.5. The second-order valence-electron chi connectivity index (χ2n) is 2.57. The van der Waals surface area contributed by atoms with E-state index >= 15 is 0 Å². The number of nitro groups is 1. The fourth-order valence-electron chi connectivity index (χ4n) is 1.10. The molecule has 1 aromatic rings. The lowest BCUT2D eigenvalue weighted by molar-refractivity contribution is -0.385. The first-order chi connectivity index (χ1) is 6.19. The quantitative estimate of drug-likeness (QED) is 0.511. The van der Waals surface area contributed by atoms with Crippen molar-refractivity contribution in [1.82, 2.24) is 0 Å². The molecule has 0 fully saturated rings. The second kappa shape index (κ2) is 3.68. The molecule has 0 bridgehead atoms. The summed E-state index contributed by atoms with van der Waals surface area (Å²) in [5, 5.41) is 19.1. The van der Waals surface area contributed by atoms with Gasteiger partial charge in [0.05, 0.1) is 16.6 Å². The van der Waals surface area contributed by atoms with Crippen LogP contribution < -0.4 is 0 Å². The first-order valence-corrected chi connectivity index (χ1v) is 3.86. The molecular formula is C9H8N2O2. The predicted octanol–water partition coefficient (Wildman–Crippen LogP) is 2.03. The van der Waals surface area contributed by atoms with E-state index in [0.29, 0.717) is 17.5 Å². The minimum Gasteiger partial charge on any atom is -0.258 e. The van der Waals surface area contributed by atoms with Crippen LogP contribution in [0.25, 0.3) is 0 Å². The van der Waals surface area contributed by atoms with Crippen LogP contribution >= 0.6 is 0 Å². The van der Waals surface area contributed by atoms with E-state index in [0.717, 1.165) is 0 Å². The van der Waals surface area contributed by atoms with Gasteiger partial charge in [-0.25, -0.2) is 0 Å². The molecule has 0 saturated carbocycles. The average Bonchev–Trinajstić information content (AvgIpc) is 2.16. The molecule has 4 heteroatoms. The van der Waals surface area contributed by atoms with Crippen LogP contribution in [0.5, 0.6) is 0 Å². The van der Waals surface area contributed by atoms with Crippen molar-refractivity contribution in [3.05, 3.63) is 39.4 Å². The largest absolute Gasteiger partial charge is 0.273 e. The van der Waals surface area contributed by atoms with Crippen molar-refractivity contribution < 1.29 is 4.92 Å². The minimum absolute atomic E-state index is 0.0292. The lowest BCUT2D eigenvalue weighted by Gasteiger charge is -1.98. The van der Waals surface area contributed by atoms with Crippen LogP contribution in [0.15, 0.2) is 18.2 Å². The minimum atomic E-state index is -0.459. The van der Waals surface area contributed by atoms with Gasteiger partial charge < -0.3 is 0 Å². The molecular weight excluding hydrogens is 168 g/mol. The Hall–Kier alpha value is -1.89. The van der Waals surface area contributed by atoms with E-state index in [1.165, 1.54) is 6.07 Å². The second-order valence-corrected chi connectivity index (χ2v) is 2.57. The Morgan fingerprint density at radius 1 is 1.62 bits per heavy atom. The third kappa shape index (κ3) is 1.82. The summed E-state index contributed by atoms with van der Waals surface area (Å²) in [6.07, 6.45) is 0.599. The van der Waals surface area contributed by atoms with Crippen molar-refractivity contribution >= 4 is 5.69 Å². The topological polar surface area (TPSA) is 66.9 Å². The predicted molar refractivity (Wildman–Crippen MR) is 47.2 cm³/mol. The third-order valence-electron chi connectivity index (χ3n) is 1.79. The fraction of sp³-hybridized carbons (Fsp3) is 0.222. The number of rotatable bonds is 2. The molecule has 1 aromatic carbocycles. The van der Waals surface area contributed by atoms with E-state index < -0.39 is 4.92 Å². The Bertz CT molecular complexity index is 380. The van der Waals surface area contributed by atoms with E-state index in [1.807, 2.05) is 13.0 Å². The van der Waals surface area contributed by atoms with Crippen LogP contribution in [0.1, 0.15) is 18.1 Å². The van der Waals surface area contributed by atoms with Crippen molar-refractivity contribution in [1.29, 1.82) is 5.26 Å². The number of nitriles is 1. The third-order valence-corrected chi connectivity index (χ3v) is 1.79. The van der Waals surface area contributed by atoms with Gasteiger partial charge in [0.1, 0.15) is 0 Å². The van der Waals surface area contributed by atoms with E-state index in [-0.39, 0.29) is 5.69 Å². The van der Waals surface area contributed by atoms with Gasteiger partial charge in [-0.05, 0) is 12.5 Å². The maximum absolute atomic E-state index is 10.5. The zero-order chi connectivity index (χ0) is 9.84. The number of aryl methyl sites for hydroxylation is 1. The van der Waals surface area contributed by atoms with Gasteiger partial charge in [0.2, 0.25) is 0 Å². The number of nitrogens with zero attached hydrogens (tertiary/aromatic N) is 2. The molecule has 0 heterocycles. The van der Waals surface area contributed by atoms with Crippen LogP contribution in [-0.4, -0.2) is 4.92 Å². The monoisotopic (exact) mass is 176 g/mol. The van der Waals surface area contributed by atoms with Crippen LogP contribution in [-0.2, 0) is 6.42 Å². The average molecular weight is 176 g/mol. The van der Waals surface area contributed by atoms with Gasteiger partial charge in [-0.15, -0.1) is 0 Å². The van der Waals surface area contributed by atoms with E-state index in [2.05, 4.69) is 0 Å². The molecule has 0 spiro atoms. The summed E-state index contributed by atoms with van der Waals surface area (Å²) in [6.45, 7) is 1.84. The normalized spacial score (nSPS) is 9.23. The standard InChI is InChI=1S/C9H8N2O2/c1-2-8-4-3-7(6-10)5-9(8)11(12)13/h3-5H,2H2,1H3. The van der Waals surface area contributed by atoms with Crippen molar-refractivity contribution in [3.63, 3.8) is 0 Å². The molecule has 0 aromatic heterocycles. The molecule has 0 saturated heterocycles. The molecule has 0 radical (unpaired) electrons. The van der Waals surface area contributed by atoms with Crippen LogP contribution in [0.2, 0.25) is 0 Å². The molecule has 66 valence electrons. The first-order valence-electron chi connectivity index (χ1n) is 3.86. The fourth-order valence-corrected chi connectivity index (χ4v) is 1.10. The SMILES string of the molecule is CCc1ccc(C#N)cc1[N+](=O)[O-]. The van der Waals surface area contributed by atoms with Gasteiger partial charge in [0, 0.05) is 11.6 Å². The highest BCUT2D eigenvalue weighted by Crippen LogP contribution is 2.20. The van der Waals surface area contributed by atoms with Gasteiger partial charge in [-0.2, -0.15) is 5.26 Å². The summed E-state index contributed by atoms with van der Waals surface area (Å²) in [5.74, 6) is 0. The Kier molecular flexibility index (Phi) is 2.60. The Morgan fingerprint density at radius 2 is 2.31 bits per heavy atom. The van der Waals surface area contributed by atoms with Crippen molar-refractivity contribution in [2.24, 2.45) is 0 Å². The smallest absolute Gasteiger partial charge is 0.258 e. The molecule has 1 rings (SSSR count). The summed E-state index contributed by atoms with van der Waals surface area (Å²) in [4.78, 5) is 10.1. The molecule has 0 aliphatic carbocycles. The highest BCUT2D eigenvalue weighted by molar-refractivity contribution is 5.47. The lowest BCUT2D eigenvalue weighted by atomic mass is 10.1. The Labute approximate surface area is 75.6 Å². The van der Waals surface area contributed by atoms with Gasteiger partial charge in [-0.3, -0.25) is 10.1 Å².